The first-order valence-electron chi connectivity index (χ1n) is 9.46. The van der Waals surface area contributed by atoms with Gasteiger partial charge in [0.25, 0.3) is 5.91 Å². The van der Waals surface area contributed by atoms with Crippen molar-refractivity contribution in [3.05, 3.63) is 108 Å². The van der Waals surface area contributed by atoms with Gasteiger partial charge in [-0.2, -0.15) is 0 Å². The van der Waals surface area contributed by atoms with Crippen LogP contribution in [-0.2, 0) is 0 Å². The highest BCUT2D eigenvalue weighted by Gasteiger charge is 2.43. The first-order chi connectivity index (χ1) is 14.8. The molecule has 4 aromatic rings. The van der Waals surface area contributed by atoms with Crippen molar-refractivity contribution in [2.75, 3.05) is 4.90 Å². The number of halogens is 3. The fraction of sp³-hybridized carbons (Fsp3) is 0.0833. The number of carbonyl (C=O) groups excluding carboxylic acids is 1. The molecule has 2 heterocycles. The molecule has 31 heavy (non-hydrogen) atoms. The largest absolute Gasteiger partial charge is 0.450 e. The Hall–Kier alpha value is -2.79. The second kappa shape index (κ2) is 7.41. The Bertz CT molecular complexity index is 1440. The molecule has 4 nitrogen and oxygen atoms in total. The molecule has 0 radical (unpaired) electrons. The number of fused-ring (bicyclic) bond motifs is 2. The maximum atomic E-state index is 13.6. The summed E-state index contributed by atoms with van der Waals surface area (Å²) >= 11 is 18.6. The van der Waals surface area contributed by atoms with Gasteiger partial charge in [0.15, 0.2) is 5.43 Å². The molecule has 0 saturated carbocycles. The molecule has 7 heteroatoms. The van der Waals surface area contributed by atoms with Crippen molar-refractivity contribution < 1.29 is 9.21 Å². The number of anilines is 1. The lowest BCUT2D eigenvalue weighted by atomic mass is 9.98. The van der Waals surface area contributed by atoms with Gasteiger partial charge in [0.1, 0.15) is 5.58 Å². The summed E-state index contributed by atoms with van der Waals surface area (Å²) in [5.41, 5.74) is 2.47. The molecular formula is C24H14Cl3NO3. The third-order valence-electron chi connectivity index (χ3n) is 5.37. The van der Waals surface area contributed by atoms with Gasteiger partial charge >= 0.3 is 0 Å². The lowest BCUT2D eigenvalue weighted by molar-refractivity contribution is 0.0971. The number of aryl methyl sites for hydroxylation is 1. The maximum Gasteiger partial charge on any atom is 0.295 e. The second-order valence-corrected chi connectivity index (χ2v) is 8.66. The normalized spacial score (nSPS) is 15.5. The molecule has 0 fully saturated rings. The summed E-state index contributed by atoms with van der Waals surface area (Å²) < 4.78 is 5.96. The molecule has 0 spiro atoms. The Morgan fingerprint density at radius 1 is 0.903 bits per heavy atom. The monoisotopic (exact) mass is 469 g/mol. The van der Waals surface area contributed by atoms with E-state index in [-0.39, 0.29) is 16.8 Å². The molecule has 1 aromatic heterocycles. The summed E-state index contributed by atoms with van der Waals surface area (Å²) in [7, 11) is 0. The van der Waals surface area contributed by atoms with Crippen LogP contribution in [0.25, 0.3) is 11.0 Å². The number of rotatable bonds is 2. The molecule has 1 amide bonds. The van der Waals surface area contributed by atoms with E-state index in [9.17, 15) is 9.59 Å². The summed E-state index contributed by atoms with van der Waals surface area (Å²) in [6, 6.07) is 16.5. The average molecular weight is 471 g/mol. The van der Waals surface area contributed by atoms with E-state index >= 15 is 0 Å². The van der Waals surface area contributed by atoms with E-state index < -0.39 is 11.9 Å². The SMILES string of the molecule is Cc1ccc2oc3c(c(=O)c2c1)C(c1ccc(Cl)c(Cl)c1)N(c1cccc(Cl)c1)C3=O. The van der Waals surface area contributed by atoms with Gasteiger partial charge in [-0.05, 0) is 55.0 Å². The third-order valence-corrected chi connectivity index (χ3v) is 6.35. The first kappa shape index (κ1) is 20.1. The van der Waals surface area contributed by atoms with E-state index in [2.05, 4.69) is 0 Å². The second-order valence-electron chi connectivity index (χ2n) is 7.40. The Kier molecular flexibility index (Phi) is 4.82. The summed E-state index contributed by atoms with van der Waals surface area (Å²) in [6.45, 7) is 1.89. The minimum atomic E-state index is -0.739. The van der Waals surface area contributed by atoms with Gasteiger partial charge in [0.2, 0.25) is 5.76 Å². The van der Waals surface area contributed by atoms with Crippen LogP contribution in [-0.4, -0.2) is 5.91 Å². The Labute approximate surface area is 192 Å². The van der Waals surface area contributed by atoms with Crippen LogP contribution in [0.3, 0.4) is 0 Å². The van der Waals surface area contributed by atoms with Crippen LogP contribution in [0.2, 0.25) is 15.1 Å². The topological polar surface area (TPSA) is 50.5 Å². The fourth-order valence-corrected chi connectivity index (χ4v) is 4.47. The first-order valence-corrected chi connectivity index (χ1v) is 10.6. The van der Waals surface area contributed by atoms with E-state index in [1.807, 2.05) is 13.0 Å². The highest BCUT2D eigenvalue weighted by molar-refractivity contribution is 6.42. The van der Waals surface area contributed by atoms with E-state index in [0.717, 1.165) is 5.56 Å². The van der Waals surface area contributed by atoms with Gasteiger partial charge in [-0.1, -0.05) is 58.6 Å². The Morgan fingerprint density at radius 3 is 2.45 bits per heavy atom. The molecule has 0 saturated heterocycles. The summed E-state index contributed by atoms with van der Waals surface area (Å²) in [5.74, 6) is -0.412. The summed E-state index contributed by atoms with van der Waals surface area (Å²) in [5, 5.41) is 1.59. The fourth-order valence-electron chi connectivity index (χ4n) is 3.98. The van der Waals surface area contributed by atoms with E-state index in [0.29, 0.717) is 37.3 Å². The molecule has 5 rings (SSSR count). The number of hydrogen-bond donors (Lipinski definition) is 0. The molecule has 3 aromatic carbocycles. The van der Waals surface area contributed by atoms with Crippen LogP contribution in [0, 0.1) is 6.92 Å². The highest BCUT2D eigenvalue weighted by atomic mass is 35.5. The molecule has 1 aliphatic heterocycles. The maximum absolute atomic E-state index is 13.6. The zero-order chi connectivity index (χ0) is 21.9. The summed E-state index contributed by atoms with van der Waals surface area (Å²) in [6.07, 6.45) is 0. The van der Waals surface area contributed by atoms with Gasteiger partial charge in [0, 0.05) is 10.7 Å². The zero-order valence-electron chi connectivity index (χ0n) is 16.2. The van der Waals surface area contributed by atoms with Crippen LogP contribution >= 0.6 is 34.8 Å². The third kappa shape index (κ3) is 3.23. The van der Waals surface area contributed by atoms with E-state index in [1.165, 1.54) is 4.90 Å². The van der Waals surface area contributed by atoms with Gasteiger partial charge in [-0.25, -0.2) is 0 Å². The molecule has 154 valence electrons. The lowest BCUT2D eigenvalue weighted by Gasteiger charge is -2.25. The standard InChI is InChI=1S/C24H14Cl3NO3/c1-12-5-8-19-16(9-12)22(29)20-21(13-6-7-17(26)18(27)10-13)28(24(30)23(20)31-19)15-4-2-3-14(25)11-15/h2-11,21H,1H3. The Morgan fingerprint density at radius 2 is 1.71 bits per heavy atom. The predicted molar refractivity (Wildman–Crippen MR) is 124 cm³/mol. The Balaban J connectivity index is 1.84. The highest BCUT2D eigenvalue weighted by Crippen LogP contribution is 2.42. The van der Waals surface area contributed by atoms with Crippen LogP contribution < -0.4 is 10.3 Å². The van der Waals surface area contributed by atoms with E-state index in [1.54, 1.807) is 54.6 Å². The molecule has 1 aliphatic rings. The van der Waals surface area contributed by atoms with Crippen LogP contribution in [0.15, 0.2) is 69.9 Å². The lowest BCUT2D eigenvalue weighted by Crippen LogP contribution is -2.29. The minimum Gasteiger partial charge on any atom is -0.450 e. The number of amides is 1. The van der Waals surface area contributed by atoms with Crippen molar-refractivity contribution in [2.24, 2.45) is 0 Å². The van der Waals surface area contributed by atoms with Crippen LogP contribution in [0.4, 0.5) is 5.69 Å². The van der Waals surface area contributed by atoms with Gasteiger partial charge in [0.05, 0.1) is 27.0 Å². The smallest absolute Gasteiger partial charge is 0.295 e. The predicted octanol–water partition coefficient (Wildman–Crippen LogP) is 6.81. The van der Waals surface area contributed by atoms with E-state index in [4.69, 9.17) is 39.2 Å². The van der Waals surface area contributed by atoms with Crippen LogP contribution in [0.5, 0.6) is 0 Å². The molecule has 0 bridgehead atoms. The number of benzene rings is 3. The van der Waals surface area contributed by atoms with Crippen molar-refractivity contribution in [3.63, 3.8) is 0 Å². The average Bonchev–Trinajstić information content (AvgIpc) is 3.03. The van der Waals surface area contributed by atoms with Crippen molar-refractivity contribution in [3.8, 4) is 0 Å². The number of carbonyl (C=O) groups is 1. The van der Waals surface area contributed by atoms with Crippen molar-refractivity contribution >= 4 is 57.4 Å². The van der Waals surface area contributed by atoms with Gasteiger partial charge in [-0.3, -0.25) is 14.5 Å². The van der Waals surface area contributed by atoms with Crippen LogP contribution in [0.1, 0.15) is 33.3 Å². The molecule has 1 unspecified atom stereocenters. The minimum absolute atomic E-state index is 0.0115. The molecule has 0 aliphatic carbocycles. The molecule has 0 N–H and O–H groups in total. The van der Waals surface area contributed by atoms with Gasteiger partial charge < -0.3 is 4.42 Å². The number of hydrogen-bond acceptors (Lipinski definition) is 3. The quantitative estimate of drug-likeness (QED) is 0.323. The zero-order valence-corrected chi connectivity index (χ0v) is 18.4. The molecular weight excluding hydrogens is 457 g/mol. The van der Waals surface area contributed by atoms with Gasteiger partial charge in [-0.15, -0.1) is 0 Å². The van der Waals surface area contributed by atoms with Crippen molar-refractivity contribution in [1.29, 1.82) is 0 Å². The van der Waals surface area contributed by atoms with Crippen molar-refractivity contribution in [1.82, 2.24) is 0 Å². The molecule has 1 atom stereocenters. The van der Waals surface area contributed by atoms with Crippen molar-refractivity contribution in [2.45, 2.75) is 13.0 Å². The summed E-state index contributed by atoms with van der Waals surface area (Å²) in [4.78, 5) is 28.6. The number of nitrogens with zero attached hydrogens (tertiary/aromatic N) is 1.